The molecule has 1 unspecified atom stereocenters. The molecule has 16 heavy (non-hydrogen) atoms. The van der Waals surface area contributed by atoms with Gasteiger partial charge in [0, 0.05) is 12.3 Å². The number of hydrogen-bond donors (Lipinski definition) is 4. The number of aliphatic hydroxyl groups is 4. The molecule has 2 aliphatic heterocycles. The van der Waals surface area contributed by atoms with Crippen LogP contribution >= 0.6 is 0 Å². The van der Waals surface area contributed by atoms with E-state index in [1.54, 1.807) is 0 Å². The largest absolute Gasteiger partial charge is 0.394 e. The Kier molecular flexibility index (Phi) is 3.48. The molecule has 2 rings (SSSR count). The molecule has 2 saturated heterocycles. The van der Waals surface area contributed by atoms with Crippen LogP contribution in [-0.4, -0.2) is 57.6 Å². The molecule has 0 aromatic heterocycles. The summed E-state index contributed by atoms with van der Waals surface area (Å²) in [4.78, 5) is 0. The highest BCUT2D eigenvalue weighted by Gasteiger charge is 2.55. The van der Waals surface area contributed by atoms with E-state index < -0.39 is 29.8 Å². The highest BCUT2D eigenvalue weighted by atomic mass is 16.5. The van der Waals surface area contributed by atoms with Crippen LogP contribution in [-0.2, 0) is 9.47 Å². The number of aliphatic hydroxyl groups excluding tert-OH is 3. The van der Waals surface area contributed by atoms with Gasteiger partial charge in [0.25, 0.3) is 0 Å². The van der Waals surface area contributed by atoms with Crippen LogP contribution in [0.25, 0.3) is 0 Å². The van der Waals surface area contributed by atoms with Crippen LogP contribution in [0.1, 0.15) is 6.42 Å². The summed E-state index contributed by atoms with van der Waals surface area (Å²) in [6, 6.07) is 0. The van der Waals surface area contributed by atoms with E-state index >= 15 is 0 Å². The lowest BCUT2D eigenvalue weighted by atomic mass is 9.79. The second kappa shape index (κ2) is 4.56. The fourth-order valence-electron chi connectivity index (χ4n) is 2.24. The molecule has 92 valence electrons. The van der Waals surface area contributed by atoms with Gasteiger partial charge in [0.2, 0.25) is 0 Å². The molecule has 0 saturated carbocycles. The molecule has 0 bridgehead atoms. The summed E-state index contributed by atoms with van der Waals surface area (Å²) in [5, 5.41) is 38.2. The van der Waals surface area contributed by atoms with Crippen LogP contribution in [0.2, 0.25) is 0 Å². The standard InChI is InChI=1S/C10H16O6/c11-3-7-9(13)6(5-16-7)10(14)1-2-15-8(10)4-12/h2,5-9,11-14H,1,3-4H2/t6?,7-,8-,9+,10+/m1/s1. The summed E-state index contributed by atoms with van der Waals surface area (Å²) in [6.07, 6.45) is -2.30. The molecule has 0 spiro atoms. The first-order valence-electron chi connectivity index (χ1n) is 5.21. The molecule has 2 radical (unpaired) electrons. The zero-order valence-electron chi connectivity index (χ0n) is 8.69. The smallest absolute Gasteiger partial charge is 0.110 e. The third-order valence-corrected chi connectivity index (χ3v) is 3.30. The van der Waals surface area contributed by atoms with Crippen molar-refractivity contribution in [2.24, 2.45) is 5.92 Å². The van der Waals surface area contributed by atoms with E-state index in [0.29, 0.717) is 0 Å². The normalized spacial score (nSPS) is 48.8. The molecule has 2 heterocycles. The highest BCUT2D eigenvalue weighted by Crippen LogP contribution is 2.42. The van der Waals surface area contributed by atoms with Crippen LogP contribution in [0.3, 0.4) is 0 Å². The van der Waals surface area contributed by atoms with Crippen molar-refractivity contribution in [3.63, 3.8) is 0 Å². The molecular weight excluding hydrogens is 216 g/mol. The lowest BCUT2D eigenvalue weighted by molar-refractivity contribution is -0.108. The van der Waals surface area contributed by atoms with Crippen molar-refractivity contribution in [1.82, 2.24) is 0 Å². The highest BCUT2D eigenvalue weighted by molar-refractivity contribution is 5.09. The van der Waals surface area contributed by atoms with E-state index in [9.17, 15) is 10.2 Å². The third kappa shape index (κ3) is 1.75. The summed E-state index contributed by atoms with van der Waals surface area (Å²) in [6.45, 7) is 2.07. The lowest BCUT2D eigenvalue weighted by Gasteiger charge is -2.34. The van der Waals surface area contributed by atoms with Gasteiger partial charge in [-0.1, -0.05) is 0 Å². The minimum Gasteiger partial charge on any atom is -0.394 e. The zero-order chi connectivity index (χ0) is 11.8. The number of rotatable bonds is 3. The Labute approximate surface area is 93.4 Å². The molecule has 0 aromatic rings. The average Bonchev–Trinajstić information content (AvgIpc) is 2.82. The minimum atomic E-state index is -1.38. The van der Waals surface area contributed by atoms with E-state index in [1.165, 1.54) is 13.2 Å². The first kappa shape index (κ1) is 12.2. The van der Waals surface area contributed by atoms with E-state index in [2.05, 4.69) is 0 Å². The zero-order valence-corrected chi connectivity index (χ0v) is 8.69. The van der Waals surface area contributed by atoms with E-state index in [1.807, 2.05) is 0 Å². The number of hydrogen-bond acceptors (Lipinski definition) is 6. The minimum absolute atomic E-state index is 0.206. The number of ether oxygens (including phenoxy) is 2. The molecule has 5 atom stereocenters. The van der Waals surface area contributed by atoms with Crippen molar-refractivity contribution in [3.8, 4) is 0 Å². The van der Waals surface area contributed by atoms with E-state index in [-0.39, 0.29) is 19.6 Å². The summed E-state index contributed by atoms with van der Waals surface area (Å²) in [5.74, 6) is -0.680. The van der Waals surface area contributed by atoms with Gasteiger partial charge in [-0.25, -0.2) is 0 Å². The summed E-state index contributed by atoms with van der Waals surface area (Å²) in [7, 11) is 0. The van der Waals surface area contributed by atoms with E-state index in [4.69, 9.17) is 19.7 Å². The Morgan fingerprint density at radius 1 is 1.25 bits per heavy atom. The Bertz CT molecular complexity index is 247. The Hall–Kier alpha value is -0.240. The molecule has 6 heteroatoms. The second-order valence-electron chi connectivity index (χ2n) is 4.18. The fourth-order valence-corrected chi connectivity index (χ4v) is 2.24. The maximum Gasteiger partial charge on any atom is 0.110 e. The molecule has 2 aliphatic rings. The predicted molar refractivity (Wildman–Crippen MR) is 51.6 cm³/mol. The maximum atomic E-state index is 10.4. The van der Waals surface area contributed by atoms with Gasteiger partial charge in [0.05, 0.1) is 32.5 Å². The maximum absolute atomic E-state index is 10.4. The van der Waals surface area contributed by atoms with Gasteiger partial charge in [-0.15, -0.1) is 0 Å². The van der Waals surface area contributed by atoms with Crippen LogP contribution in [0.4, 0.5) is 0 Å². The molecule has 6 nitrogen and oxygen atoms in total. The Morgan fingerprint density at radius 3 is 2.56 bits per heavy atom. The monoisotopic (exact) mass is 232 g/mol. The second-order valence-corrected chi connectivity index (χ2v) is 4.18. The van der Waals surface area contributed by atoms with Gasteiger partial charge in [0.1, 0.15) is 17.8 Å². The quantitative estimate of drug-likeness (QED) is 0.458. The first-order chi connectivity index (χ1) is 7.63. The van der Waals surface area contributed by atoms with Crippen LogP contribution < -0.4 is 0 Å². The van der Waals surface area contributed by atoms with Crippen molar-refractivity contribution in [2.75, 3.05) is 13.2 Å². The van der Waals surface area contributed by atoms with Crippen LogP contribution in [0.5, 0.6) is 0 Å². The van der Waals surface area contributed by atoms with Gasteiger partial charge in [-0.3, -0.25) is 0 Å². The van der Waals surface area contributed by atoms with Crippen molar-refractivity contribution < 1.29 is 29.9 Å². The summed E-state index contributed by atoms with van der Waals surface area (Å²) < 4.78 is 10.1. The fraction of sp³-hybridized carbons (Fsp3) is 0.800. The van der Waals surface area contributed by atoms with Crippen LogP contribution in [0, 0.1) is 19.1 Å². The molecule has 0 aromatic carbocycles. The molecule has 2 fully saturated rings. The Morgan fingerprint density at radius 2 is 2.00 bits per heavy atom. The van der Waals surface area contributed by atoms with Crippen LogP contribution in [0.15, 0.2) is 0 Å². The van der Waals surface area contributed by atoms with Gasteiger partial charge in [-0.05, 0) is 0 Å². The van der Waals surface area contributed by atoms with Gasteiger partial charge in [-0.2, -0.15) is 0 Å². The lowest BCUT2D eigenvalue weighted by Crippen LogP contribution is -2.51. The summed E-state index contributed by atoms with van der Waals surface area (Å²) >= 11 is 0. The van der Waals surface area contributed by atoms with E-state index in [0.717, 1.165) is 0 Å². The molecular formula is C10H16O6. The molecule has 4 N–H and O–H groups in total. The summed E-state index contributed by atoms with van der Waals surface area (Å²) in [5.41, 5.74) is -1.38. The Balaban J connectivity index is 2.12. The third-order valence-electron chi connectivity index (χ3n) is 3.30. The predicted octanol–water partition coefficient (Wildman–Crippen LogP) is -1.81. The van der Waals surface area contributed by atoms with Crippen molar-refractivity contribution in [1.29, 1.82) is 0 Å². The van der Waals surface area contributed by atoms with Gasteiger partial charge >= 0.3 is 0 Å². The topological polar surface area (TPSA) is 99.4 Å². The first-order valence-corrected chi connectivity index (χ1v) is 5.21. The molecule has 0 amide bonds. The van der Waals surface area contributed by atoms with Gasteiger partial charge in [0.15, 0.2) is 0 Å². The molecule has 0 aliphatic carbocycles. The average molecular weight is 232 g/mol. The van der Waals surface area contributed by atoms with Crippen molar-refractivity contribution in [2.45, 2.75) is 30.3 Å². The van der Waals surface area contributed by atoms with Crippen molar-refractivity contribution in [3.05, 3.63) is 13.2 Å². The van der Waals surface area contributed by atoms with Crippen molar-refractivity contribution >= 4 is 0 Å². The SMILES string of the molecule is OC[C@H]1O[CH]C([C@@]2(O)C[CH]O[C@@H]2CO)[C@@H]1O. The van der Waals surface area contributed by atoms with Gasteiger partial charge < -0.3 is 29.9 Å².